The number of esters is 2. The molecule has 0 aliphatic heterocycles. The van der Waals surface area contributed by atoms with Crippen LogP contribution in [-0.2, 0) is 16.1 Å². The van der Waals surface area contributed by atoms with Gasteiger partial charge in [0.15, 0.2) is 5.78 Å². The van der Waals surface area contributed by atoms with Gasteiger partial charge in [0, 0.05) is 0 Å². The Kier molecular flexibility index (Phi) is 6.60. The maximum Gasteiger partial charge on any atom is 0.339 e. The Bertz CT molecular complexity index is 803. The summed E-state index contributed by atoms with van der Waals surface area (Å²) in [5, 5.41) is 0. The van der Waals surface area contributed by atoms with Gasteiger partial charge in [-0.1, -0.05) is 36.4 Å². The van der Waals surface area contributed by atoms with Crippen LogP contribution >= 0.6 is 0 Å². The van der Waals surface area contributed by atoms with E-state index in [1.54, 1.807) is 12.1 Å². The Morgan fingerprint density at radius 3 is 2.35 bits per heavy atom. The molecule has 26 heavy (non-hydrogen) atoms. The standard InChI is InChI=1S/C19H20N2O5/c1-12(21)18(23)26-16-9-5-8-14(17(16)15(22)10-20)19(24)25-11-13-6-3-2-4-7-13/h2-9,12H,10-11,20-21H2,1H3. The van der Waals surface area contributed by atoms with Crippen LogP contribution in [0.3, 0.4) is 0 Å². The van der Waals surface area contributed by atoms with Crippen molar-refractivity contribution >= 4 is 17.7 Å². The predicted molar refractivity (Wildman–Crippen MR) is 94.7 cm³/mol. The molecule has 0 aliphatic carbocycles. The van der Waals surface area contributed by atoms with Gasteiger partial charge in [0.05, 0.1) is 17.7 Å². The molecule has 1 unspecified atom stereocenters. The molecule has 0 bridgehead atoms. The first-order valence-corrected chi connectivity index (χ1v) is 7.98. The van der Waals surface area contributed by atoms with Crippen molar-refractivity contribution in [2.45, 2.75) is 19.6 Å². The summed E-state index contributed by atoms with van der Waals surface area (Å²) in [6.07, 6.45) is 0. The molecule has 2 rings (SSSR count). The summed E-state index contributed by atoms with van der Waals surface area (Å²) < 4.78 is 10.4. The normalized spacial score (nSPS) is 11.5. The van der Waals surface area contributed by atoms with Gasteiger partial charge in [-0.05, 0) is 24.6 Å². The van der Waals surface area contributed by atoms with Crippen LogP contribution in [0.25, 0.3) is 0 Å². The van der Waals surface area contributed by atoms with E-state index in [0.717, 1.165) is 5.56 Å². The number of nitrogens with two attached hydrogens (primary N) is 2. The summed E-state index contributed by atoms with van der Waals surface area (Å²) in [6, 6.07) is 12.5. The Morgan fingerprint density at radius 2 is 1.73 bits per heavy atom. The SMILES string of the molecule is CC(N)C(=O)Oc1cccc(C(=O)OCc2ccccc2)c1C(=O)CN. The topological polar surface area (TPSA) is 122 Å². The highest BCUT2D eigenvalue weighted by Gasteiger charge is 2.24. The third-order valence-electron chi connectivity index (χ3n) is 3.51. The molecule has 0 aliphatic rings. The Morgan fingerprint density at radius 1 is 1.04 bits per heavy atom. The monoisotopic (exact) mass is 356 g/mol. The molecule has 0 saturated carbocycles. The van der Waals surface area contributed by atoms with Crippen molar-refractivity contribution < 1.29 is 23.9 Å². The summed E-state index contributed by atoms with van der Waals surface area (Å²) in [5.41, 5.74) is 11.6. The fourth-order valence-electron chi connectivity index (χ4n) is 2.18. The number of carbonyl (C=O) groups excluding carboxylic acids is 3. The molecular weight excluding hydrogens is 336 g/mol. The molecule has 7 nitrogen and oxygen atoms in total. The smallest absolute Gasteiger partial charge is 0.339 e. The second-order valence-corrected chi connectivity index (χ2v) is 5.58. The van der Waals surface area contributed by atoms with Crippen LogP contribution < -0.4 is 16.2 Å². The molecule has 7 heteroatoms. The van der Waals surface area contributed by atoms with E-state index < -0.39 is 23.8 Å². The van der Waals surface area contributed by atoms with Crippen LogP contribution in [-0.4, -0.2) is 30.3 Å². The van der Waals surface area contributed by atoms with E-state index in [2.05, 4.69) is 0 Å². The van der Waals surface area contributed by atoms with Gasteiger partial charge in [-0.25, -0.2) is 9.59 Å². The summed E-state index contributed by atoms with van der Waals surface area (Å²) in [4.78, 5) is 36.4. The van der Waals surface area contributed by atoms with Crippen molar-refractivity contribution in [3.8, 4) is 5.75 Å². The molecule has 0 amide bonds. The first-order chi connectivity index (χ1) is 12.4. The Hall–Kier alpha value is -3.03. The van der Waals surface area contributed by atoms with Crippen LogP contribution in [0.1, 0.15) is 33.2 Å². The minimum atomic E-state index is -0.885. The number of hydrogen-bond donors (Lipinski definition) is 2. The third kappa shape index (κ3) is 4.75. The van der Waals surface area contributed by atoms with Gasteiger partial charge in [0.2, 0.25) is 0 Å². The summed E-state index contributed by atoms with van der Waals surface area (Å²) in [6.45, 7) is 1.14. The second-order valence-electron chi connectivity index (χ2n) is 5.58. The van der Waals surface area contributed by atoms with E-state index in [-0.39, 0.29) is 30.0 Å². The minimum absolute atomic E-state index is 0.0219. The first-order valence-electron chi connectivity index (χ1n) is 7.98. The second kappa shape index (κ2) is 8.89. The van der Waals surface area contributed by atoms with Crippen molar-refractivity contribution in [1.29, 1.82) is 0 Å². The van der Waals surface area contributed by atoms with E-state index in [0.29, 0.717) is 0 Å². The van der Waals surface area contributed by atoms with Gasteiger partial charge >= 0.3 is 11.9 Å². The molecule has 1 atom stereocenters. The molecule has 0 saturated heterocycles. The molecule has 0 heterocycles. The summed E-state index contributed by atoms with van der Waals surface area (Å²) >= 11 is 0. The van der Waals surface area contributed by atoms with Gasteiger partial charge in [0.25, 0.3) is 0 Å². The number of benzene rings is 2. The molecule has 0 spiro atoms. The number of hydrogen-bond acceptors (Lipinski definition) is 7. The number of ether oxygens (including phenoxy) is 2. The highest BCUT2D eigenvalue weighted by atomic mass is 16.5. The molecule has 2 aromatic carbocycles. The number of rotatable bonds is 7. The summed E-state index contributed by atoms with van der Waals surface area (Å²) in [5.74, 6) is -2.07. The van der Waals surface area contributed by atoms with Crippen LogP contribution in [0.2, 0.25) is 0 Å². The van der Waals surface area contributed by atoms with Gasteiger partial charge in [0.1, 0.15) is 18.4 Å². The van der Waals surface area contributed by atoms with Crippen LogP contribution in [0, 0.1) is 0 Å². The maximum absolute atomic E-state index is 12.5. The van der Waals surface area contributed by atoms with Crippen molar-refractivity contribution in [3.63, 3.8) is 0 Å². The average molecular weight is 356 g/mol. The highest BCUT2D eigenvalue weighted by molar-refractivity contribution is 6.09. The lowest BCUT2D eigenvalue weighted by Gasteiger charge is -2.14. The highest BCUT2D eigenvalue weighted by Crippen LogP contribution is 2.24. The Labute approximate surface area is 150 Å². The van der Waals surface area contributed by atoms with Crippen LogP contribution in [0.15, 0.2) is 48.5 Å². The van der Waals surface area contributed by atoms with Crippen LogP contribution in [0.5, 0.6) is 5.75 Å². The maximum atomic E-state index is 12.5. The lowest BCUT2D eigenvalue weighted by molar-refractivity contribution is -0.135. The van der Waals surface area contributed by atoms with Crippen molar-refractivity contribution in [3.05, 3.63) is 65.2 Å². The molecule has 0 radical (unpaired) electrons. The largest absolute Gasteiger partial charge is 0.457 e. The minimum Gasteiger partial charge on any atom is -0.457 e. The number of Topliss-reactive ketones (excluding diaryl/α,β-unsaturated/α-hetero) is 1. The van der Waals surface area contributed by atoms with Crippen molar-refractivity contribution in [2.75, 3.05) is 6.54 Å². The predicted octanol–water partition coefficient (Wildman–Crippen LogP) is 1.44. The number of ketones is 1. The fourth-order valence-corrected chi connectivity index (χ4v) is 2.18. The zero-order valence-electron chi connectivity index (χ0n) is 14.3. The molecule has 4 N–H and O–H groups in total. The van der Waals surface area contributed by atoms with Crippen molar-refractivity contribution in [2.24, 2.45) is 11.5 Å². The lowest BCUT2D eigenvalue weighted by Crippen LogP contribution is -2.31. The molecule has 0 aromatic heterocycles. The molecule has 2 aromatic rings. The zero-order valence-corrected chi connectivity index (χ0v) is 14.3. The summed E-state index contributed by atoms with van der Waals surface area (Å²) in [7, 11) is 0. The average Bonchev–Trinajstić information content (AvgIpc) is 2.66. The lowest BCUT2D eigenvalue weighted by atomic mass is 10.0. The van der Waals surface area contributed by atoms with E-state index in [1.807, 2.05) is 18.2 Å². The quantitative estimate of drug-likeness (QED) is 0.437. The van der Waals surface area contributed by atoms with E-state index in [1.165, 1.54) is 25.1 Å². The Balaban J connectivity index is 2.30. The first kappa shape index (κ1) is 19.3. The van der Waals surface area contributed by atoms with Crippen LogP contribution in [0.4, 0.5) is 0 Å². The van der Waals surface area contributed by atoms with Crippen molar-refractivity contribution in [1.82, 2.24) is 0 Å². The molecular formula is C19H20N2O5. The van der Waals surface area contributed by atoms with E-state index >= 15 is 0 Å². The van der Waals surface area contributed by atoms with Gasteiger partial charge < -0.3 is 20.9 Å². The van der Waals surface area contributed by atoms with E-state index in [4.69, 9.17) is 20.9 Å². The molecule has 0 fully saturated rings. The zero-order chi connectivity index (χ0) is 19.1. The van der Waals surface area contributed by atoms with Gasteiger partial charge in [-0.3, -0.25) is 4.79 Å². The fraction of sp³-hybridized carbons (Fsp3) is 0.211. The van der Waals surface area contributed by atoms with Gasteiger partial charge in [-0.2, -0.15) is 0 Å². The molecule has 136 valence electrons. The third-order valence-corrected chi connectivity index (χ3v) is 3.51. The van der Waals surface area contributed by atoms with E-state index in [9.17, 15) is 14.4 Å². The van der Waals surface area contributed by atoms with Gasteiger partial charge in [-0.15, -0.1) is 0 Å². The number of carbonyl (C=O) groups is 3.